The Kier molecular flexibility index (Phi) is 4.99. The van der Waals surface area contributed by atoms with Crippen molar-refractivity contribution < 1.29 is 8.42 Å². The van der Waals surface area contributed by atoms with Crippen LogP contribution in [0.25, 0.3) is 0 Å². The van der Waals surface area contributed by atoms with Crippen molar-refractivity contribution in [2.45, 2.75) is 49.3 Å². The lowest BCUT2D eigenvalue weighted by atomic mass is 10.2. The fourth-order valence-corrected chi connectivity index (χ4v) is 5.53. The summed E-state index contributed by atoms with van der Waals surface area (Å²) >= 11 is 1.84. The highest BCUT2D eigenvalue weighted by Gasteiger charge is 2.31. The zero-order valence-corrected chi connectivity index (χ0v) is 13.6. The molecule has 0 amide bonds. The van der Waals surface area contributed by atoms with Gasteiger partial charge in [0.15, 0.2) is 0 Å². The van der Waals surface area contributed by atoms with Crippen molar-refractivity contribution in [3.8, 4) is 0 Å². The lowest BCUT2D eigenvalue weighted by Crippen LogP contribution is -2.39. The Morgan fingerprint density at radius 2 is 2.15 bits per heavy atom. The number of anilines is 1. The number of nitrogens with two attached hydrogens (primary N) is 1. The molecule has 1 aliphatic carbocycles. The van der Waals surface area contributed by atoms with Gasteiger partial charge in [0.25, 0.3) is 0 Å². The number of hydrogen-bond donors (Lipinski definition) is 2. The lowest BCUT2D eigenvalue weighted by Gasteiger charge is -2.20. The standard InChI is InChI=1S/C14H22N2O2S2/c1-3-19-13-6-4-5-12(13)16-20(17,18)14-8-7-11(15)9-10(14)2/h7-9,12-13,16H,3-6,15H2,1-2H3. The van der Waals surface area contributed by atoms with Gasteiger partial charge >= 0.3 is 0 Å². The van der Waals surface area contributed by atoms with Crippen LogP contribution in [0.3, 0.4) is 0 Å². The van der Waals surface area contributed by atoms with Crippen molar-refractivity contribution in [1.82, 2.24) is 4.72 Å². The molecule has 4 nitrogen and oxygen atoms in total. The average molecular weight is 314 g/mol. The molecule has 0 aliphatic heterocycles. The van der Waals surface area contributed by atoms with Gasteiger partial charge in [-0.1, -0.05) is 13.3 Å². The molecule has 112 valence electrons. The summed E-state index contributed by atoms with van der Waals surface area (Å²) in [6.07, 6.45) is 3.10. The van der Waals surface area contributed by atoms with Crippen LogP contribution < -0.4 is 10.5 Å². The number of hydrogen-bond acceptors (Lipinski definition) is 4. The van der Waals surface area contributed by atoms with Crippen LogP contribution in [-0.4, -0.2) is 25.5 Å². The van der Waals surface area contributed by atoms with Crippen molar-refractivity contribution >= 4 is 27.5 Å². The van der Waals surface area contributed by atoms with E-state index >= 15 is 0 Å². The second-order valence-corrected chi connectivity index (χ2v) is 8.38. The minimum absolute atomic E-state index is 0.0434. The highest BCUT2D eigenvalue weighted by atomic mass is 32.2. The maximum absolute atomic E-state index is 12.5. The zero-order chi connectivity index (χ0) is 14.8. The van der Waals surface area contributed by atoms with Crippen LogP contribution >= 0.6 is 11.8 Å². The number of aryl methyl sites for hydroxylation is 1. The summed E-state index contributed by atoms with van der Waals surface area (Å²) in [4.78, 5) is 0.332. The van der Waals surface area contributed by atoms with E-state index in [9.17, 15) is 8.42 Å². The molecule has 3 N–H and O–H groups in total. The van der Waals surface area contributed by atoms with Crippen LogP contribution in [0.4, 0.5) is 5.69 Å². The van der Waals surface area contributed by atoms with E-state index in [-0.39, 0.29) is 6.04 Å². The van der Waals surface area contributed by atoms with Crippen molar-refractivity contribution in [2.24, 2.45) is 0 Å². The summed E-state index contributed by atoms with van der Waals surface area (Å²) in [5.74, 6) is 1.02. The number of nitrogens with one attached hydrogen (secondary N) is 1. The first-order valence-corrected chi connectivity index (χ1v) is 9.47. The van der Waals surface area contributed by atoms with E-state index in [0.717, 1.165) is 25.0 Å². The van der Waals surface area contributed by atoms with E-state index < -0.39 is 10.0 Å². The summed E-state index contributed by atoms with van der Waals surface area (Å²) in [6, 6.07) is 4.96. The molecule has 0 radical (unpaired) electrons. The van der Waals surface area contributed by atoms with Crippen LogP contribution in [0, 0.1) is 6.92 Å². The fourth-order valence-electron chi connectivity index (χ4n) is 2.71. The Bertz CT molecular complexity index is 573. The maximum atomic E-state index is 12.5. The first-order valence-electron chi connectivity index (χ1n) is 6.94. The van der Waals surface area contributed by atoms with E-state index in [4.69, 9.17) is 5.73 Å². The molecule has 1 aromatic carbocycles. The Morgan fingerprint density at radius 3 is 2.80 bits per heavy atom. The first-order chi connectivity index (χ1) is 9.44. The number of benzene rings is 1. The summed E-state index contributed by atoms with van der Waals surface area (Å²) in [6.45, 7) is 3.89. The second kappa shape index (κ2) is 6.37. The topological polar surface area (TPSA) is 72.2 Å². The molecule has 2 unspecified atom stereocenters. The molecule has 1 aliphatic rings. The predicted molar refractivity (Wildman–Crippen MR) is 85.5 cm³/mol. The Morgan fingerprint density at radius 1 is 1.40 bits per heavy atom. The molecular formula is C14H22N2O2S2. The largest absolute Gasteiger partial charge is 0.399 e. The summed E-state index contributed by atoms with van der Waals surface area (Å²) in [5.41, 5.74) is 6.95. The minimum atomic E-state index is -3.46. The van der Waals surface area contributed by atoms with Crippen molar-refractivity contribution in [2.75, 3.05) is 11.5 Å². The van der Waals surface area contributed by atoms with Crippen LogP contribution in [0.2, 0.25) is 0 Å². The summed E-state index contributed by atoms with van der Waals surface area (Å²) in [5, 5.41) is 0.392. The maximum Gasteiger partial charge on any atom is 0.241 e. The molecule has 20 heavy (non-hydrogen) atoms. The fraction of sp³-hybridized carbons (Fsp3) is 0.571. The first kappa shape index (κ1) is 15.7. The van der Waals surface area contributed by atoms with E-state index in [1.165, 1.54) is 0 Å². The molecule has 0 saturated heterocycles. The Hall–Kier alpha value is -0.720. The molecular weight excluding hydrogens is 292 g/mol. The van der Waals surface area contributed by atoms with E-state index in [1.54, 1.807) is 25.1 Å². The van der Waals surface area contributed by atoms with Gasteiger partial charge < -0.3 is 5.73 Å². The molecule has 1 saturated carbocycles. The highest BCUT2D eigenvalue weighted by molar-refractivity contribution is 8.00. The minimum Gasteiger partial charge on any atom is -0.399 e. The molecule has 0 bridgehead atoms. The number of nitrogen functional groups attached to an aromatic ring is 1. The molecule has 0 spiro atoms. The van der Waals surface area contributed by atoms with Gasteiger partial charge in [-0.2, -0.15) is 11.8 Å². The van der Waals surface area contributed by atoms with Gasteiger partial charge in [-0.3, -0.25) is 0 Å². The molecule has 1 fully saturated rings. The van der Waals surface area contributed by atoms with Crippen LogP contribution in [-0.2, 0) is 10.0 Å². The molecule has 2 atom stereocenters. The molecule has 1 aromatic rings. The normalized spacial score (nSPS) is 23.1. The van der Waals surface area contributed by atoms with Gasteiger partial charge in [-0.15, -0.1) is 0 Å². The number of thioether (sulfide) groups is 1. The number of rotatable bonds is 5. The van der Waals surface area contributed by atoms with Gasteiger partial charge in [0, 0.05) is 17.0 Å². The van der Waals surface area contributed by atoms with Crippen molar-refractivity contribution in [3.63, 3.8) is 0 Å². The third-order valence-corrected chi connectivity index (χ3v) is 6.60. The molecule has 2 rings (SSSR count). The van der Waals surface area contributed by atoms with E-state index in [0.29, 0.717) is 21.4 Å². The van der Waals surface area contributed by atoms with Crippen molar-refractivity contribution in [3.05, 3.63) is 23.8 Å². The lowest BCUT2D eigenvalue weighted by molar-refractivity contribution is 0.554. The quantitative estimate of drug-likeness (QED) is 0.819. The van der Waals surface area contributed by atoms with Gasteiger partial charge in [-0.25, -0.2) is 13.1 Å². The molecule has 0 aromatic heterocycles. The van der Waals surface area contributed by atoms with Gasteiger partial charge in [-0.05, 0) is 49.3 Å². The number of sulfonamides is 1. The van der Waals surface area contributed by atoms with Gasteiger partial charge in [0.2, 0.25) is 10.0 Å². The summed E-state index contributed by atoms with van der Waals surface area (Å²) in [7, 11) is -3.46. The highest BCUT2D eigenvalue weighted by Crippen LogP contribution is 2.31. The van der Waals surface area contributed by atoms with Crippen molar-refractivity contribution in [1.29, 1.82) is 0 Å². The Balaban J connectivity index is 2.18. The molecule has 6 heteroatoms. The third kappa shape index (κ3) is 3.48. The van der Waals surface area contributed by atoms with Crippen LogP contribution in [0.1, 0.15) is 31.7 Å². The predicted octanol–water partition coefficient (Wildman–Crippen LogP) is 2.53. The monoisotopic (exact) mass is 314 g/mol. The van der Waals surface area contributed by atoms with Crippen LogP contribution in [0.15, 0.2) is 23.1 Å². The average Bonchev–Trinajstić information content (AvgIpc) is 2.76. The summed E-state index contributed by atoms with van der Waals surface area (Å²) < 4.78 is 27.9. The van der Waals surface area contributed by atoms with Crippen LogP contribution in [0.5, 0.6) is 0 Å². The van der Waals surface area contributed by atoms with E-state index in [1.807, 2.05) is 11.8 Å². The van der Waals surface area contributed by atoms with Gasteiger partial charge in [0.1, 0.15) is 0 Å². The Labute approximate surface area is 125 Å². The second-order valence-electron chi connectivity index (χ2n) is 5.18. The molecule has 0 heterocycles. The smallest absolute Gasteiger partial charge is 0.241 e. The zero-order valence-electron chi connectivity index (χ0n) is 11.9. The van der Waals surface area contributed by atoms with E-state index in [2.05, 4.69) is 11.6 Å². The SMILES string of the molecule is CCSC1CCCC1NS(=O)(=O)c1ccc(N)cc1C. The van der Waals surface area contributed by atoms with Gasteiger partial charge in [0.05, 0.1) is 4.90 Å². The third-order valence-electron chi connectivity index (χ3n) is 3.63.